The Hall–Kier alpha value is -2.34. The van der Waals surface area contributed by atoms with Crippen molar-refractivity contribution in [2.24, 2.45) is 0 Å². The summed E-state index contributed by atoms with van der Waals surface area (Å²) in [6.45, 7) is 9.04. The largest absolute Gasteiger partial charge is 0.416 e. The van der Waals surface area contributed by atoms with E-state index in [9.17, 15) is 17.6 Å². The minimum Gasteiger partial charge on any atom is -0.376 e. The molecule has 0 aliphatic carbocycles. The molecular weight excluding hydrogens is 504 g/mol. The Bertz CT molecular complexity index is 1190. The highest BCUT2D eigenvalue weighted by molar-refractivity contribution is 6.76. The number of benzene rings is 2. The minimum absolute atomic E-state index is 0.0310. The highest BCUT2D eigenvalue weighted by atomic mass is 28.3. The molecule has 203 valence electrons. The predicted octanol–water partition coefficient (Wildman–Crippen LogP) is 5.74. The van der Waals surface area contributed by atoms with Crippen LogP contribution < -0.4 is 5.32 Å². The molecule has 1 aliphatic heterocycles. The number of halogens is 4. The lowest BCUT2D eigenvalue weighted by Gasteiger charge is -2.38. The molecule has 2 heterocycles. The first-order valence-corrected chi connectivity index (χ1v) is 16.2. The summed E-state index contributed by atoms with van der Waals surface area (Å²) in [5, 5.41) is 11.6. The molecule has 1 saturated heterocycles. The Morgan fingerprint density at radius 2 is 1.76 bits per heavy atom. The van der Waals surface area contributed by atoms with Gasteiger partial charge < -0.3 is 14.8 Å². The van der Waals surface area contributed by atoms with Crippen LogP contribution in [0.15, 0.2) is 36.4 Å². The van der Waals surface area contributed by atoms with Crippen molar-refractivity contribution >= 4 is 19.1 Å². The number of aromatic nitrogens is 3. The molecule has 0 spiro atoms. The first-order chi connectivity index (χ1) is 17.5. The van der Waals surface area contributed by atoms with E-state index in [0.29, 0.717) is 24.3 Å². The zero-order chi connectivity index (χ0) is 26.7. The molecule has 3 aromatic rings. The Labute approximate surface area is 215 Å². The smallest absolute Gasteiger partial charge is 0.376 e. The molecule has 1 aromatic heterocycles. The van der Waals surface area contributed by atoms with Gasteiger partial charge in [-0.1, -0.05) is 17.3 Å². The average molecular weight is 539 g/mol. The van der Waals surface area contributed by atoms with Crippen molar-refractivity contribution in [2.45, 2.75) is 63.5 Å². The van der Waals surface area contributed by atoms with Crippen LogP contribution in [0.4, 0.5) is 17.6 Å². The van der Waals surface area contributed by atoms with Gasteiger partial charge in [-0.15, -0.1) is 19.2 Å². The molecule has 37 heavy (non-hydrogen) atoms. The van der Waals surface area contributed by atoms with Gasteiger partial charge in [-0.2, -0.15) is 32.8 Å². The lowest BCUT2D eigenvalue weighted by Crippen LogP contribution is -2.43. The van der Waals surface area contributed by atoms with Crippen molar-refractivity contribution in [2.75, 3.05) is 26.3 Å². The van der Waals surface area contributed by atoms with Crippen LogP contribution in [0, 0.1) is 5.82 Å². The second-order valence-corrected chi connectivity index (χ2v) is 16.6. The van der Waals surface area contributed by atoms with Crippen molar-refractivity contribution < 1.29 is 27.0 Å². The number of alkyl halides is 3. The zero-order valence-corrected chi connectivity index (χ0v) is 22.5. The first-order valence-electron chi connectivity index (χ1n) is 12.5. The highest BCUT2D eigenvalue weighted by Crippen LogP contribution is 2.36. The fourth-order valence-corrected chi connectivity index (χ4v) is 5.37. The van der Waals surface area contributed by atoms with E-state index in [-0.39, 0.29) is 30.1 Å². The lowest BCUT2D eigenvalue weighted by atomic mass is 9.74. The predicted molar refractivity (Wildman–Crippen MR) is 136 cm³/mol. The second kappa shape index (κ2) is 11.2. The molecular formula is C26H34F4N4O2Si-. The standard InChI is InChI=1S/C26H34F4N4O2Si/c1-37(2,3)13-12-35-18-34-23-15-21(26(28,29)30)14-19(24(23)32-33-34)16-36-17-25(8-10-31-11-9-25)20-4-6-22(27)7-5-20/h4-7,14-15,31H,8-13,16-18H2,1-3H3/q-1. The lowest BCUT2D eigenvalue weighted by molar-refractivity contribution is -0.137. The van der Waals surface area contributed by atoms with Crippen molar-refractivity contribution in [3.63, 3.8) is 0 Å². The number of rotatable bonds is 10. The van der Waals surface area contributed by atoms with E-state index >= 15 is 0 Å². The second-order valence-electron chi connectivity index (χ2n) is 11.0. The first kappa shape index (κ1) is 27.7. The number of nitrogens with one attached hydrogen (secondary N) is 1. The van der Waals surface area contributed by atoms with E-state index in [1.807, 2.05) is 0 Å². The monoisotopic (exact) mass is 538 g/mol. The molecule has 0 bridgehead atoms. The summed E-state index contributed by atoms with van der Waals surface area (Å²) in [7, 11) is -1.30. The third-order valence-electron chi connectivity index (χ3n) is 6.89. The fourth-order valence-electron chi connectivity index (χ4n) is 4.62. The van der Waals surface area contributed by atoms with E-state index in [1.54, 1.807) is 12.1 Å². The van der Waals surface area contributed by atoms with Crippen LogP contribution in [-0.2, 0) is 34.4 Å². The number of hydrogen-bond donors (Lipinski definition) is 1. The Morgan fingerprint density at radius 1 is 1.05 bits per heavy atom. The molecule has 1 N–H and O–H groups in total. The van der Waals surface area contributed by atoms with Gasteiger partial charge in [0, 0.05) is 17.6 Å². The summed E-state index contributed by atoms with van der Waals surface area (Å²) in [6, 6.07) is 9.48. The van der Waals surface area contributed by atoms with Crippen molar-refractivity contribution in [1.82, 2.24) is 20.3 Å². The van der Waals surface area contributed by atoms with Crippen molar-refractivity contribution in [3.8, 4) is 0 Å². The summed E-state index contributed by atoms with van der Waals surface area (Å²) in [6.07, 6.45) is -2.97. The van der Waals surface area contributed by atoms with Crippen LogP contribution in [-0.4, -0.2) is 49.4 Å². The average Bonchev–Trinajstić information content (AvgIpc) is 3.25. The van der Waals surface area contributed by atoms with Crippen LogP contribution in [0.25, 0.3) is 11.0 Å². The van der Waals surface area contributed by atoms with Crippen LogP contribution in [0.5, 0.6) is 0 Å². The van der Waals surface area contributed by atoms with Crippen LogP contribution >= 0.6 is 0 Å². The van der Waals surface area contributed by atoms with Crippen molar-refractivity contribution in [3.05, 3.63) is 58.9 Å². The normalized spacial score (nSPS) is 16.4. The topological polar surface area (TPSA) is 61.2 Å². The molecule has 0 unspecified atom stereocenters. The molecule has 4 rings (SSSR count). The van der Waals surface area contributed by atoms with Crippen LogP contribution in [0.3, 0.4) is 0 Å². The zero-order valence-electron chi connectivity index (χ0n) is 21.5. The Morgan fingerprint density at radius 3 is 2.41 bits per heavy atom. The molecule has 1 fully saturated rings. The number of nitrogens with zero attached hydrogens (tertiary/aromatic N) is 3. The van der Waals surface area contributed by atoms with Crippen molar-refractivity contribution in [1.29, 1.82) is 0 Å². The molecule has 0 atom stereocenters. The van der Waals surface area contributed by atoms with Crippen LogP contribution in [0.1, 0.15) is 29.5 Å². The Balaban J connectivity index is 1.54. The molecule has 11 heteroatoms. The summed E-state index contributed by atoms with van der Waals surface area (Å²) >= 11 is 0. The number of piperidine rings is 1. The quantitative estimate of drug-likeness (QED) is 0.203. The third-order valence-corrected chi connectivity index (χ3v) is 8.59. The summed E-state index contributed by atoms with van der Waals surface area (Å²) in [5.74, 6) is -0.312. The minimum atomic E-state index is -4.53. The van der Waals surface area contributed by atoms with E-state index in [0.717, 1.165) is 49.7 Å². The summed E-state index contributed by atoms with van der Waals surface area (Å²) < 4.78 is 67.9. The van der Waals surface area contributed by atoms with E-state index in [1.165, 1.54) is 16.8 Å². The number of hydrogen-bond acceptors (Lipinski definition) is 5. The maximum atomic E-state index is 13.7. The highest BCUT2D eigenvalue weighted by Gasteiger charge is 2.35. The van der Waals surface area contributed by atoms with Gasteiger partial charge in [0.05, 0.1) is 24.3 Å². The molecule has 1 aliphatic rings. The molecule has 2 aromatic carbocycles. The van der Waals surface area contributed by atoms with Gasteiger partial charge >= 0.3 is 6.18 Å². The molecule has 0 amide bonds. The van der Waals surface area contributed by atoms with Gasteiger partial charge in [0.2, 0.25) is 0 Å². The van der Waals surface area contributed by atoms with Gasteiger partial charge in [-0.05, 0) is 55.8 Å². The molecule has 0 radical (unpaired) electrons. The van der Waals surface area contributed by atoms with Gasteiger partial charge in [-0.3, -0.25) is 0 Å². The number of fused-ring (bicyclic) bond motifs is 1. The van der Waals surface area contributed by atoms with E-state index in [4.69, 9.17) is 9.47 Å². The van der Waals surface area contributed by atoms with Gasteiger partial charge in [0.25, 0.3) is 0 Å². The SMILES string of the molecule is C[Si-](C)(C)CCOCn1nnc2c(COCC3(c4ccc(F)cc4)CCNCC3)cc(C(F)(F)F)cc21. The van der Waals surface area contributed by atoms with Gasteiger partial charge in [0.15, 0.2) is 0 Å². The third kappa shape index (κ3) is 6.95. The summed E-state index contributed by atoms with van der Waals surface area (Å²) in [4.78, 5) is 0. The van der Waals surface area contributed by atoms with Gasteiger partial charge in [0.1, 0.15) is 18.1 Å². The fraction of sp³-hybridized carbons (Fsp3) is 0.538. The maximum Gasteiger partial charge on any atom is 0.416 e. The molecule has 6 nitrogen and oxygen atoms in total. The molecule has 0 saturated carbocycles. The Kier molecular flexibility index (Phi) is 8.37. The van der Waals surface area contributed by atoms with Gasteiger partial charge in [-0.25, -0.2) is 9.07 Å². The number of ether oxygens (including phenoxy) is 2. The summed E-state index contributed by atoms with van der Waals surface area (Å²) in [5.41, 5.74) is 0.785. The van der Waals surface area contributed by atoms with E-state index in [2.05, 4.69) is 35.3 Å². The van der Waals surface area contributed by atoms with E-state index < -0.39 is 19.8 Å². The maximum absolute atomic E-state index is 13.7. The van der Waals surface area contributed by atoms with Crippen LogP contribution in [0.2, 0.25) is 25.7 Å².